The third kappa shape index (κ3) is 5.63. The van der Waals surface area contributed by atoms with Crippen LogP contribution < -0.4 is 20.1 Å². The number of anilines is 1. The fourth-order valence-corrected chi connectivity index (χ4v) is 4.27. The van der Waals surface area contributed by atoms with Gasteiger partial charge in [0.1, 0.15) is 0 Å². The topological polar surface area (TPSA) is 79.9 Å². The zero-order valence-corrected chi connectivity index (χ0v) is 20.6. The molecule has 1 aliphatic heterocycles. The van der Waals surface area contributed by atoms with Crippen LogP contribution in [0.3, 0.4) is 0 Å². The lowest BCUT2D eigenvalue weighted by Gasteiger charge is -2.25. The van der Waals surface area contributed by atoms with Crippen molar-refractivity contribution in [3.8, 4) is 11.5 Å². The zero-order chi connectivity index (χ0) is 24.9. The highest BCUT2D eigenvalue weighted by Gasteiger charge is 2.17. The van der Waals surface area contributed by atoms with E-state index >= 15 is 0 Å². The van der Waals surface area contributed by atoms with Gasteiger partial charge in [-0.25, -0.2) is 0 Å². The Kier molecular flexibility index (Phi) is 7.36. The van der Waals surface area contributed by atoms with E-state index in [1.807, 2.05) is 25.1 Å². The van der Waals surface area contributed by atoms with E-state index in [0.717, 1.165) is 30.8 Å². The van der Waals surface area contributed by atoms with E-state index < -0.39 is 0 Å². The maximum absolute atomic E-state index is 13.0. The van der Waals surface area contributed by atoms with Crippen LogP contribution in [0.4, 0.5) is 5.69 Å². The number of amides is 2. The Morgan fingerprint density at radius 1 is 0.886 bits per heavy atom. The Morgan fingerprint density at radius 3 is 2.43 bits per heavy atom. The maximum atomic E-state index is 13.0. The Hall–Kier alpha value is -3.84. The number of nitrogens with one attached hydrogen (secondary N) is 2. The Morgan fingerprint density at radius 2 is 1.66 bits per heavy atom. The number of carbonyl (C=O) groups excluding carboxylic acids is 2. The van der Waals surface area contributed by atoms with Crippen molar-refractivity contribution >= 4 is 17.5 Å². The van der Waals surface area contributed by atoms with Crippen LogP contribution in [-0.2, 0) is 13.0 Å². The number of ether oxygens (including phenoxy) is 2. The van der Waals surface area contributed by atoms with Gasteiger partial charge >= 0.3 is 0 Å². The molecule has 0 fully saturated rings. The van der Waals surface area contributed by atoms with E-state index in [1.54, 1.807) is 37.4 Å². The van der Waals surface area contributed by atoms with Crippen LogP contribution in [0.25, 0.3) is 0 Å². The van der Waals surface area contributed by atoms with Crippen molar-refractivity contribution in [3.63, 3.8) is 0 Å². The van der Waals surface area contributed by atoms with Crippen molar-refractivity contribution in [3.05, 3.63) is 88.5 Å². The van der Waals surface area contributed by atoms with E-state index in [4.69, 9.17) is 9.47 Å². The predicted molar refractivity (Wildman–Crippen MR) is 136 cm³/mol. The van der Waals surface area contributed by atoms with Gasteiger partial charge in [-0.2, -0.15) is 0 Å². The Balaban J connectivity index is 1.44. The molecular formula is C28H31N3O4. The summed E-state index contributed by atoms with van der Waals surface area (Å²) in [6.45, 7) is 3.81. The molecule has 182 valence electrons. The smallest absolute Gasteiger partial charge is 0.255 e. The second-order valence-corrected chi connectivity index (χ2v) is 8.82. The van der Waals surface area contributed by atoms with Gasteiger partial charge < -0.3 is 25.0 Å². The van der Waals surface area contributed by atoms with E-state index in [1.165, 1.54) is 18.2 Å². The van der Waals surface area contributed by atoms with Crippen LogP contribution in [0.5, 0.6) is 11.5 Å². The number of carbonyl (C=O) groups is 2. The third-order valence-electron chi connectivity index (χ3n) is 6.31. The highest BCUT2D eigenvalue weighted by Crippen LogP contribution is 2.28. The minimum absolute atomic E-state index is 0.186. The Bertz CT molecular complexity index is 1240. The van der Waals surface area contributed by atoms with Gasteiger partial charge in [0, 0.05) is 29.9 Å². The first-order chi connectivity index (χ1) is 16.9. The molecule has 2 amide bonds. The molecule has 0 aliphatic carbocycles. The van der Waals surface area contributed by atoms with Gasteiger partial charge in [0.25, 0.3) is 11.8 Å². The van der Waals surface area contributed by atoms with Crippen molar-refractivity contribution in [1.29, 1.82) is 0 Å². The summed E-state index contributed by atoms with van der Waals surface area (Å²) in [4.78, 5) is 28.0. The maximum Gasteiger partial charge on any atom is 0.255 e. The molecule has 3 aromatic carbocycles. The minimum atomic E-state index is -0.303. The first-order valence-electron chi connectivity index (χ1n) is 11.6. The summed E-state index contributed by atoms with van der Waals surface area (Å²) in [5, 5.41) is 5.99. The molecule has 4 rings (SSSR count). The van der Waals surface area contributed by atoms with Gasteiger partial charge in [-0.15, -0.1) is 0 Å². The first-order valence-corrected chi connectivity index (χ1v) is 11.6. The summed E-state index contributed by atoms with van der Waals surface area (Å²) in [5.41, 5.74) is 5.19. The fourth-order valence-electron chi connectivity index (χ4n) is 4.27. The van der Waals surface area contributed by atoms with Crippen LogP contribution in [0.1, 0.15) is 50.4 Å². The number of hydrogen-bond acceptors (Lipinski definition) is 5. The monoisotopic (exact) mass is 473 g/mol. The summed E-state index contributed by atoms with van der Waals surface area (Å²) in [6.07, 6.45) is 1.02. The van der Waals surface area contributed by atoms with Crippen LogP contribution in [0.2, 0.25) is 0 Å². The van der Waals surface area contributed by atoms with E-state index in [9.17, 15) is 9.59 Å². The van der Waals surface area contributed by atoms with E-state index in [0.29, 0.717) is 22.6 Å². The van der Waals surface area contributed by atoms with E-state index in [2.05, 4.69) is 34.7 Å². The predicted octanol–water partition coefficient (Wildman–Crippen LogP) is 4.44. The molecule has 0 spiro atoms. The minimum Gasteiger partial charge on any atom is -0.493 e. The number of benzene rings is 3. The molecular weight excluding hydrogens is 442 g/mol. The van der Waals surface area contributed by atoms with Gasteiger partial charge in [-0.05, 0) is 79.5 Å². The van der Waals surface area contributed by atoms with Crippen LogP contribution >= 0.6 is 0 Å². The first kappa shape index (κ1) is 24.3. The van der Waals surface area contributed by atoms with Crippen molar-refractivity contribution < 1.29 is 19.1 Å². The lowest BCUT2D eigenvalue weighted by Crippen LogP contribution is -2.27. The largest absolute Gasteiger partial charge is 0.493 e. The normalized spacial score (nSPS) is 13.9. The molecule has 1 aliphatic rings. The summed E-state index contributed by atoms with van der Waals surface area (Å²) in [6, 6.07) is 18.1. The summed E-state index contributed by atoms with van der Waals surface area (Å²) in [7, 11) is 5.18. The average molecular weight is 474 g/mol. The molecule has 0 saturated carbocycles. The lowest BCUT2D eigenvalue weighted by molar-refractivity contribution is 0.0939. The van der Waals surface area contributed by atoms with E-state index in [-0.39, 0.29) is 17.9 Å². The molecule has 7 heteroatoms. The van der Waals surface area contributed by atoms with Gasteiger partial charge in [-0.3, -0.25) is 9.59 Å². The number of fused-ring (bicyclic) bond motifs is 1. The van der Waals surface area contributed by atoms with Gasteiger partial charge in [-0.1, -0.05) is 18.2 Å². The molecule has 7 nitrogen and oxygen atoms in total. The summed E-state index contributed by atoms with van der Waals surface area (Å²) >= 11 is 0. The van der Waals surface area contributed by atoms with Crippen LogP contribution in [0.15, 0.2) is 60.7 Å². The van der Waals surface area contributed by atoms with Crippen molar-refractivity contribution in [2.45, 2.75) is 25.9 Å². The van der Waals surface area contributed by atoms with Gasteiger partial charge in [0.15, 0.2) is 11.5 Å². The highest BCUT2D eigenvalue weighted by atomic mass is 16.5. The van der Waals surface area contributed by atoms with Gasteiger partial charge in [0.2, 0.25) is 0 Å². The molecule has 2 N–H and O–H groups in total. The average Bonchev–Trinajstić information content (AvgIpc) is 2.87. The molecule has 3 aromatic rings. The third-order valence-corrected chi connectivity index (χ3v) is 6.31. The fraction of sp³-hybridized carbons (Fsp3) is 0.286. The number of methoxy groups -OCH3 is 2. The molecule has 0 radical (unpaired) electrons. The standard InChI is InChI=1S/C28H31N3O4/c1-18(29-27(32)22-9-11-25(34-3)26(16-22)35-4)20-6-5-7-21(14-20)28(33)30-24-10-8-19-12-13-31(2)17-23(19)15-24/h5-11,14-16,18H,12-13,17H2,1-4H3,(H,29,32)(H,30,33). The number of rotatable bonds is 7. The van der Waals surface area contributed by atoms with Crippen LogP contribution in [0, 0.1) is 0 Å². The second-order valence-electron chi connectivity index (χ2n) is 8.82. The second kappa shape index (κ2) is 10.6. The molecule has 35 heavy (non-hydrogen) atoms. The van der Waals surface area contributed by atoms with Gasteiger partial charge in [0.05, 0.1) is 20.3 Å². The lowest BCUT2D eigenvalue weighted by atomic mass is 9.99. The summed E-state index contributed by atoms with van der Waals surface area (Å²) in [5.74, 6) is 0.615. The zero-order valence-electron chi connectivity index (χ0n) is 20.6. The molecule has 1 heterocycles. The molecule has 1 unspecified atom stereocenters. The number of likely N-dealkylation sites (N-methyl/N-ethyl adjacent to an activating group) is 1. The SMILES string of the molecule is COc1ccc(C(=O)NC(C)c2cccc(C(=O)Nc3ccc4c(c3)CN(C)CC4)c2)cc1OC. The van der Waals surface area contributed by atoms with Crippen LogP contribution in [-0.4, -0.2) is 44.5 Å². The summed E-state index contributed by atoms with van der Waals surface area (Å²) < 4.78 is 10.5. The van der Waals surface area contributed by atoms with Crippen molar-refractivity contribution in [2.24, 2.45) is 0 Å². The Labute approximate surface area is 206 Å². The number of nitrogens with zero attached hydrogens (tertiary/aromatic N) is 1. The molecule has 0 bridgehead atoms. The quantitative estimate of drug-likeness (QED) is 0.531. The number of hydrogen-bond donors (Lipinski definition) is 2. The molecule has 0 saturated heterocycles. The highest BCUT2D eigenvalue weighted by molar-refractivity contribution is 6.04. The van der Waals surface area contributed by atoms with Crippen molar-refractivity contribution in [2.75, 3.05) is 33.1 Å². The molecule has 1 atom stereocenters. The van der Waals surface area contributed by atoms with Crippen molar-refractivity contribution in [1.82, 2.24) is 10.2 Å². The molecule has 0 aromatic heterocycles.